The van der Waals surface area contributed by atoms with E-state index in [-0.39, 0.29) is 30.3 Å². The van der Waals surface area contributed by atoms with Crippen LogP contribution in [0.2, 0.25) is 0 Å². The van der Waals surface area contributed by atoms with Crippen LogP contribution in [0.25, 0.3) is 0 Å². The van der Waals surface area contributed by atoms with Gasteiger partial charge in [0.2, 0.25) is 0 Å². The maximum absolute atomic E-state index is 12.7. The summed E-state index contributed by atoms with van der Waals surface area (Å²) < 4.78 is 16.4. The highest BCUT2D eigenvalue weighted by molar-refractivity contribution is 7.16. The average molecular weight is 427 g/mol. The largest absolute Gasteiger partial charge is 0.444 e. The predicted octanol–water partition coefficient (Wildman–Crippen LogP) is 2.92. The van der Waals surface area contributed by atoms with Gasteiger partial charge in [0.25, 0.3) is 0 Å². The fourth-order valence-corrected chi connectivity index (χ4v) is 4.47. The molecule has 0 bridgehead atoms. The van der Waals surface area contributed by atoms with Crippen molar-refractivity contribution >= 4 is 28.6 Å². The van der Waals surface area contributed by atoms with E-state index in [9.17, 15) is 9.59 Å². The first-order valence-corrected chi connectivity index (χ1v) is 10.7. The number of anilines is 1. The summed E-state index contributed by atoms with van der Waals surface area (Å²) in [6.07, 6.45) is 0.146. The first kappa shape index (κ1) is 21.8. The molecule has 1 aromatic heterocycles. The standard InChI is InChI=1S/C19H30N4O5S/c1-11-8-14-15(12(2)23(11)18(25)28-19(3,4)5)29-17(21-14)22-16(24)20-9-13-10-26-6-7-27-13/h11-13H,6-10H2,1-5H3,(H2,20,21,22,24)/t11-,12+,13+/m1/s1. The second-order valence-electron chi connectivity index (χ2n) is 8.35. The number of aromatic nitrogens is 1. The summed E-state index contributed by atoms with van der Waals surface area (Å²) in [5.74, 6) is 0. The fraction of sp³-hybridized carbons (Fsp3) is 0.737. The third kappa shape index (κ3) is 5.58. The highest BCUT2D eigenvalue weighted by atomic mass is 32.1. The van der Waals surface area contributed by atoms with Crippen LogP contribution in [-0.2, 0) is 20.6 Å². The number of ether oxygens (including phenoxy) is 3. The van der Waals surface area contributed by atoms with Gasteiger partial charge in [-0.1, -0.05) is 11.3 Å². The van der Waals surface area contributed by atoms with Crippen LogP contribution in [0, 0.1) is 0 Å². The zero-order valence-electron chi connectivity index (χ0n) is 17.6. The minimum Gasteiger partial charge on any atom is -0.444 e. The van der Waals surface area contributed by atoms with Gasteiger partial charge in [-0.25, -0.2) is 14.6 Å². The van der Waals surface area contributed by atoms with Crippen molar-refractivity contribution in [2.75, 3.05) is 31.7 Å². The van der Waals surface area contributed by atoms with Gasteiger partial charge in [0.05, 0.1) is 42.5 Å². The summed E-state index contributed by atoms with van der Waals surface area (Å²) in [7, 11) is 0. The maximum Gasteiger partial charge on any atom is 0.411 e. The summed E-state index contributed by atoms with van der Waals surface area (Å²) in [6.45, 7) is 11.5. The number of hydrogen-bond acceptors (Lipinski definition) is 7. The molecule has 1 saturated heterocycles. The number of nitrogens with one attached hydrogen (secondary N) is 2. The Hall–Kier alpha value is -1.91. The summed E-state index contributed by atoms with van der Waals surface area (Å²) in [5.41, 5.74) is 0.358. The molecule has 3 rings (SSSR count). The van der Waals surface area contributed by atoms with E-state index in [0.717, 1.165) is 10.6 Å². The lowest BCUT2D eigenvalue weighted by Gasteiger charge is -2.38. The lowest BCUT2D eigenvalue weighted by Crippen LogP contribution is -2.46. The first-order valence-electron chi connectivity index (χ1n) is 9.89. The zero-order chi connectivity index (χ0) is 21.2. The minimum atomic E-state index is -0.553. The molecular formula is C19H30N4O5S. The molecule has 0 spiro atoms. The van der Waals surface area contributed by atoms with Gasteiger partial charge in [-0.3, -0.25) is 10.2 Å². The first-order chi connectivity index (χ1) is 13.6. The number of hydrogen-bond donors (Lipinski definition) is 2. The van der Waals surface area contributed by atoms with Crippen LogP contribution in [0.4, 0.5) is 14.7 Å². The van der Waals surface area contributed by atoms with Gasteiger partial charge in [-0.15, -0.1) is 0 Å². The monoisotopic (exact) mass is 426 g/mol. The van der Waals surface area contributed by atoms with Crippen molar-refractivity contribution in [2.45, 2.75) is 64.8 Å². The minimum absolute atomic E-state index is 0.0421. The zero-order valence-corrected chi connectivity index (χ0v) is 18.4. The van der Waals surface area contributed by atoms with Gasteiger partial charge in [0.1, 0.15) is 5.60 Å². The van der Waals surface area contributed by atoms with Gasteiger partial charge < -0.3 is 19.5 Å². The van der Waals surface area contributed by atoms with Crippen LogP contribution in [0.3, 0.4) is 0 Å². The molecule has 2 N–H and O–H groups in total. The van der Waals surface area contributed by atoms with Crippen LogP contribution >= 0.6 is 11.3 Å². The van der Waals surface area contributed by atoms with Crippen molar-refractivity contribution in [3.63, 3.8) is 0 Å². The Balaban J connectivity index is 1.61. The van der Waals surface area contributed by atoms with Crippen LogP contribution in [0.5, 0.6) is 0 Å². The summed E-state index contributed by atoms with van der Waals surface area (Å²) >= 11 is 1.39. The average Bonchev–Trinajstić information content (AvgIpc) is 3.02. The number of nitrogens with zero attached hydrogens (tertiary/aromatic N) is 2. The van der Waals surface area contributed by atoms with Crippen LogP contribution < -0.4 is 10.6 Å². The van der Waals surface area contributed by atoms with Crippen molar-refractivity contribution in [3.05, 3.63) is 10.6 Å². The Morgan fingerprint density at radius 1 is 1.31 bits per heavy atom. The van der Waals surface area contributed by atoms with Gasteiger partial charge in [-0.2, -0.15) is 0 Å². The molecule has 2 aliphatic heterocycles. The van der Waals surface area contributed by atoms with Gasteiger partial charge in [-0.05, 0) is 34.6 Å². The molecule has 10 heteroatoms. The van der Waals surface area contributed by atoms with E-state index in [2.05, 4.69) is 15.6 Å². The fourth-order valence-electron chi connectivity index (χ4n) is 3.43. The lowest BCUT2D eigenvalue weighted by molar-refractivity contribution is -0.0852. The van der Waals surface area contributed by atoms with E-state index in [4.69, 9.17) is 14.2 Å². The third-order valence-corrected chi connectivity index (χ3v) is 5.87. The number of urea groups is 1. The number of rotatable bonds is 3. The molecular weight excluding hydrogens is 396 g/mol. The topological polar surface area (TPSA) is 102 Å². The molecule has 0 radical (unpaired) electrons. The molecule has 29 heavy (non-hydrogen) atoms. The van der Waals surface area contributed by atoms with Crippen molar-refractivity contribution in [3.8, 4) is 0 Å². The van der Waals surface area contributed by atoms with E-state index in [1.165, 1.54) is 11.3 Å². The summed E-state index contributed by atoms with van der Waals surface area (Å²) in [6, 6.07) is -0.554. The van der Waals surface area contributed by atoms with E-state index in [0.29, 0.717) is 37.9 Å². The smallest absolute Gasteiger partial charge is 0.411 e. The Morgan fingerprint density at radius 2 is 2.07 bits per heavy atom. The molecule has 3 amide bonds. The quantitative estimate of drug-likeness (QED) is 0.771. The molecule has 0 aromatic carbocycles. The van der Waals surface area contributed by atoms with Gasteiger partial charge in [0.15, 0.2) is 5.13 Å². The van der Waals surface area contributed by atoms with E-state index < -0.39 is 5.60 Å². The second-order valence-corrected chi connectivity index (χ2v) is 9.38. The highest BCUT2D eigenvalue weighted by Crippen LogP contribution is 2.39. The third-order valence-electron chi connectivity index (χ3n) is 4.69. The van der Waals surface area contributed by atoms with Crippen LogP contribution in [0.1, 0.15) is 51.2 Å². The lowest BCUT2D eigenvalue weighted by atomic mass is 10.0. The molecule has 3 atom stereocenters. The Morgan fingerprint density at radius 3 is 2.72 bits per heavy atom. The van der Waals surface area contributed by atoms with Gasteiger partial charge in [0, 0.05) is 19.0 Å². The number of carbonyl (C=O) groups excluding carboxylic acids is 2. The molecule has 0 aliphatic carbocycles. The Kier molecular flexibility index (Phi) is 6.65. The van der Waals surface area contributed by atoms with E-state index in [1.54, 1.807) is 4.90 Å². The molecule has 3 heterocycles. The molecule has 0 unspecified atom stereocenters. The molecule has 162 valence electrons. The second kappa shape index (κ2) is 8.85. The van der Waals surface area contributed by atoms with E-state index >= 15 is 0 Å². The molecule has 9 nitrogen and oxygen atoms in total. The number of amides is 3. The molecule has 0 saturated carbocycles. The van der Waals surface area contributed by atoms with Crippen molar-refractivity contribution in [2.24, 2.45) is 0 Å². The normalized spacial score (nSPS) is 24.6. The van der Waals surface area contributed by atoms with Crippen molar-refractivity contribution in [1.29, 1.82) is 0 Å². The molecule has 1 fully saturated rings. The summed E-state index contributed by atoms with van der Waals surface area (Å²) in [5, 5.41) is 6.08. The summed E-state index contributed by atoms with van der Waals surface area (Å²) in [4.78, 5) is 32.1. The van der Waals surface area contributed by atoms with E-state index in [1.807, 2.05) is 34.6 Å². The maximum atomic E-state index is 12.7. The highest BCUT2D eigenvalue weighted by Gasteiger charge is 2.37. The van der Waals surface area contributed by atoms with Crippen LogP contribution in [-0.4, -0.2) is 66.1 Å². The SMILES string of the molecule is C[C@@H]1Cc2nc(NC(=O)NC[C@H]3COCCO3)sc2[C@H](C)N1C(=O)OC(C)(C)C. The van der Waals surface area contributed by atoms with Crippen molar-refractivity contribution in [1.82, 2.24) is 15.2 Å². The number of fused-ring (bicyclic) bond motifs is 1. The number of carbonyl (C=O) groups is 2. The number of thiazole rings is 1. The Labute approximate surface area is 175 Å². The molecule has 2 aliphatic rings. The predicted molar refractivity (Wildman–Crippen MR) is 109 cm³/mol. The molecule has 1 aromatic rings. The van der Waals surface area contributed by atoms with Gasteiger partial charge >= 0.3 is 12.1 Å². The van der Waals surface area contributed by atoms with Crippen LogP contribution in [0.15, 0.2) is 0 Å². The Bertz CT molecular complexity index is 741. The van der Waals surface area contributed by atoms with Crippen molar-refractivity contribution < 1.29 is 23.8 Å².